The van der Waals surface area contributed by atoms with E-state index >= 15 is 0 Å². The van der Waals surface area contributed by atoms with Crippen LogP contribution in [0, 0.1) is 10.1 Å². The molecule has 1 N–H and O–H groups in total. The molecule has 1 amide bonds. The zero-order valence-corrected chi connectivity index (χ0v) is 13.4. The van der Waals surface area contributed by atoms with Gasteiger partial charge in [-0.05, 0) is 35.9 Å². The van der Waals surface area contributed by atoms with E-state index in [1.54, 1.807) is 37.4 Å². The van der Waals surface area contributed by atoms with Gasteiger partial charge < -0.3 is 5.32 Å². The minimum Gasteiger partial charge on any atom is -0.355 e. The molecule has 0 radical (unpaired) electrons. The summed E-state index contributed by atoms with van der Waals surface area (Å²) >= 11 is 5.72. The molecule has 0 bridgehead atoms. The molecule has 0 heterocycles. The van der Waals surface area contributed by atoms with E-state index in [2.05, 4.69) is 5.32 Å². The molecular weight excluding hydrogens is 332 g/mol. The van der Waals surface area contributed by atoms with Crippen LogP contribution >= 0.6 is 11.6 Å². The van der Waals surface area contributed by atoms with Gasteiger partial charge in [-0.1, -0.05) is 29.8 Å². The van der Waals surface area contributed by atoms with Gasteiger partial charge in [0.25, 0.3) is 11.6 Å². The number of nitrogens with one attached hydrogen (secondary N) is 1. The topological polar surface area (TPSA) is 89.3 Å². The molecule has 2 rings (SSSR count). The summed E-state index contributed by atoms with van der Waals surface area (Å²) in [6.07, 6.45) is 2.87. The maximum absolute atomic E-state index is 12.1. The number of amides is 1. The smallest absolute Gasteiger partial charge is 0.288 e. The fourth-order valence-electron chi connectivity index (χ4n) is 1.96. The van der Waals surface area contributed by atoms with Gasteiger partial charge in [-0.2, -0.15) is 0 Å². The number of nitro groups is 1. The molecule has 0 unspecified atom stereocenters. The molecular formula is C17H13ClN2O4. The molecule has 0 saturated carbocycles. The van der Waals surface area contributed by atoms with Gasteiger partial charge in [-0.25, -0.2) is 0 Å². The zero-order chi connectivity index (χ0) is 17.7. The highest BCUT2D eigenvalue weighted by molar-refractivity contribution is 6.32. The number of nitro benzene ring substituents is 1. The van der Waals surface area contributed by atoms with Crippen LogP contribution in [0.3, 0.4) is 0 Å². The number of carbonyl (C=O) groups excluding carboxylic acids is 2. The van der Waals surface area contributed by atoms with E-state index in [-0.39, 0.29) is 28.0 Å². The Bertz CT molecular complexity index is 829. The normalized spacial score (nSPS) is 10.6. The summed E-state index contributed by atoms with van der Waals surface area (Å²) < 4.78 is 0. The summed E-state index contributed by atoms with van der Waals surface area (Å²) in [4.78, 5) is 33.8. The molecule has 0 aromatic heterocycles. The van der Waals surface area contributed by atoms with Crippen molar-refractivity contribution in [3.05, 3.63) is 80.4 Å². The van der Waals surface area contributed by atoms with Crippen molar-refractivity contribution in [2.75, 3.05) is 7.05 Å². The summed E-state index contributed by atoms with van der Waals surface area (Å²) in [7, 11) is 1.54. The molecule has 0 aliphatic rings. The lowest BCUT2D eigenvalue weighted by Crippen LogP contribution is -2.17. The van der Waals surface area contributed by atoms with Crippen LogP contribution in [0.15, 0.2) is 48.5 Å². The number of hydrogen-bond donors (Lipinski definition) is 1. The van der Waals surface area contributed by atoms with Crippen LogP contribution in [-0.2, 0) is 0 Å². The van der Waals surface area contributed by atoms with Gasteiger partial charge in [0.05, 0.1) is 4.92 Å². The van der Waals surface area contributed by atoms with E-state index in [9.17, 15) is 19.7 Å². The predicted molar refractivity (Wildman–Crippen MR) is 91.3 cm³/mol. The monoisotopic (exact) mass is 344 g/mol. The minimum atomic E-state index is -0.639. The number of allylic oxidation sites excluding steroid dienone is 1. The summed E-state index contributed by atoms with van der Waals surface area (Å²) in [5, 5.41) is 13.3. The van der Waals surface area contributed by atoms with Crippen LogP contribution in [0.2, 0.25) is 5.02 Å². The van der Waals surface area contributed by atoms with Crippen molar-refractivity contribution >= 4 is 35.1 Å². The second-order valence-electron chi connectivity index (χ2n) is 4.82. The first-order valence-corrected chi connectivity index (χ1v) is 7.28. The van der Waals surface area contributed by atoms with Gasteiger partial charge in [0.15, 0.2) is 5.78 Å². The number of hydrogen-bond acceptors (Lipinski definition) is 4. The van der Waals surface area contributed by atoms with Crippen molar-refractivity contribution in [1.29, 1.82) is 0 Å². The molecule has 0 fully saturated rings. The molecule has 0 aliphatic heterocycles. The van der Waals surface area contributed by atoms with E-state index in [1.165, 1.54) is 18.2 Å². The SMILES string of the molecule is CNC(=O)c1ccc(C=CC(=O)c2ccc(Cl)c([N+](=O)[O-])c2)cc1. The highest BCUT2D eigenvalue weighted by atomic mass is 35.5. The molecule has 6 nitrogen and oxygen atoms in total. The highest BCUT2D eigenvalue weighted by Gasteiger charge is 2.15. The third-order valence-electron chi connectivity index (χ3n) is 3.25. The number of benzene rings is 2. The molecule has 0 spiro atoms. The Labute approximate surface area is 142 Å². The van der Waals surface area contributed by atoms with E-state index < -0.39 is 4.92 Å². The molecule has 122 valence electrons. The molecule has 0 aliphatic carbocycles. The van der Waals surface area contributed by atoms with Crippen molar-refractivity contribution in [1.82, 2.24) is 5.32 Å². The Morgan fingerprint density at radius 3 is 2.33 bits per heavy atom. The van der Waals surface area contributed by atoms with Crippen molar-refractivity contribution < 1.29 is 14.5 Å². The zero-order valence-electron chi connectivity index (χ0n) is 12.7. The maximum Gasteiger partial charge on any atom is 0.288 e. The Hall–Kier alpha value is -2.99. The average molecular weight is 345 g/mol. The Balaban J connectivity index is 2.17. The third kappa shape index (κ3) is 4.05. The number of rotatable bonds is 5. The van der Waals surface area contributed by atoms with E-state index in [0.29, 0.717) is 5.56 Å². The van der Waals surface area contributed by atoms with Crippen molar-refractivity contribution in [3.8, 4) is 0 Å². The predicted octanol–water partition coefficient (Wildman–Crippen LogP) is 3.50. The van der Waals surface area contributed by atoms with Crippen molar-refractivity contribution in [2.24, 2.45) is 0 Å². The minimum absolute atomic E-state index is 0.0229. The molecule has 2 aromatic rings. The van der Waals surface area contributed by atoms with Crippen molar-refractivity contribution in [3.63, 3.8) is 0 Å². The lowest BCUT2D eigenvalue weighted by Gasteiger charge is -2.00. The van der Waals surface area contributed by atoms with E-state index in [1.807, 2.05) is 0 Å². The standard InChI is InChI=1S/C17H13ClN2O4/c1-19-17(22)12-5-2-11(3-6-12)4-9-16(21)13-7-8-14(18)15(10-13)20(23)24/h2-10H,1H3,(H,19,22). The fraction of sp³-hybridized carbons (Fsp3) is 0.0588. The lowest BCUT2D eigenvalue weighted by atomic mass is 10.1. The number of halogens is 1. The second kappa shape index (κ2) is 7.52. The van der Waals surface area contributed by atoms with Crippen molar-refractivity contribution in [2.45, 2.75) is 0 Å². The lowest BCUT2D eigenvalue weighted by molar-refractivity contribution is -0.384. The first kappa shape index (κ1) is 17.4. The average Bonchev–Trinajstić information content (AvgIpc) is 2.59. The summed E-state index contributed by atoms with van der Waals surface area (Å²) in [5.41, 5.74) is 1.09. The Morgan fingerprint density at radius 1 is 1.12 bits per heavy atom. The largest absolute Gasteiger partial charge is 0.355 e. The van der Waals surface area contributed by atoms with Crippen LogP contribution in [-0.4, -0.2) is 23.7 Å². The van der Waals surface area contributed by atoms with Crippen LogP contribution in [0.1, 0.15) is 26.3 Å². The van der Waals surface area contributed by atoms with Gasteiger partial charge in [0.2, 0.25) is 0 Å². The summed E-state index contributed by atoms with van der Waals surface area (Å²) in [5.74, 6) is -0.583. The fourth-order valence-corrected chi connectivity index (χ4v) is 2.15. The molecule has 0 atom stereocenters. The Kier molecular flexibility index (Phi) is 5.44. The van der Waals surface area contributed by atoms with Gasteiger partial charge in [-0.3, -0.25) is 19.7 Å². The van der Waals surface area contributed by atoms with Crippen LogP contribution in [0.4, 0.5) is 5.69 Å². The number of ketones is 1. The molecule has 7 heteroatoms. The van der Waals surface area contributed by atoms with Gasteiger partial charge in [0, 0.05) is 24.2 Å². The maximum atomic E-state index is 12.1. The van der Waals surface area contributed by atoms with Crippen LogP contribution in [0.25, 0.3) is 6.08 Å². The van der Waals surface area contributed by atoms with Crippen LogP contribution < -0.4 is 5.32 Å². The first-order valence-electron chi connectivity index (χ1n) is 6.91. The first-order chi connectivity index (χ1) is 11.4. The quantitative estimate of drug-likeness (QED) is 0.389. The second-order valence-corrected chi connectivity index (χ2v) is 5.23. The van der Waals surface area contributed by atoms with Gasteiger partial charge >= 0.3 is 0 Å². The number of carbonyl (C=O) groups is 2. The molecule has 0 saturated heterocycles. The summed E-state index contributed by atoms with van der Waals surface area (Å²) in [6, 6.07) is 10.5. The molecule has 24 heavy (non-hydrogen) atoms. The Morgan fingerprint density at radius 2 is 1.75 bits per heavy atom. The van der Waals surface area contributed by atoms with Gasteiger partial charge in [0.1, 0.15) is 5.02 Å². The van der Waals surface area contributed by atoms with E-state index in [4.69, 9.17) is 11.6 Å². The highest BCUT2D eigenvalue weighted by Crippen LogP contribution is 2.25. The van der Waals surface area contributed by atoms with Crippen LogP contribution in [0.5, 0.6) is 0 Å². The molecule has 2 aromatic carbocycles. The third-order valence-corrected chi connectivity index (χ3v) is 3.57. The van der Waals surface area contributed by atoms with E-state index in [0.717, 1.165) is 11.6 Å². The summed E-state index contributed by atoms with van der Waals surface area (Å²) in [6.45, 7) is 0. The number of nitrogens with zero attached hydrogens (tertiary/aromatic N) is 1. The van der Waals surface area contributed by atoms with Gasteiger partial charge in [-0.15, -0.1) is 0 Å².